The molecular weight excluding hydrogens is 495 g/mol. The van der Waals surface area contributed by atoms with E-state index in [0.29, 0.717) is 30.4 Å². The van der Waals surface area contributed by atoms with E-state index in [2.05, 4.69) is 5.32 Å². The second kappa shape index (κ2) is 11.0. The molecule has 0 bridgehead atoms. The van der Waals surface area contributed by atoms with Crippen LogP contribution in [0.5, 0.6) is 5.75 Å². The number of alkyl halides is 3. The van der Waals surface area contributed by atoms with Gasteiger partial charge in [-0.25, -0.2) is 4.79 Å². The lowest BCUT2D eigenvalue weighted by Gasteiger charge is -2.26. The number of carbonyl (C=O) groups is 1. The molecule has 2 amide bonds. The van der Waals surface area contributed by atoms with Gasteiger partial charge in [-0.05, 0) is 64.8 Å². The van der Waals surface area contributed by atoms with Crippen LogP contribution in [-0.2, 0) is 22.8 Å². The fourth-order valence-corrected chi connectivity index (χ4v) is 4.80. The highest BCUT2D eigenvalue weighted by Gasteiger charge is 2.35. The maximum atomic E-state index is 13.2. The molecule has 11 heteroatoms. The van der Waals surface area contributed by atoms with E-state index < -0.39 is 26.8 Å². The topological polar surface area (TPSA) is 79.0 Å². The van der Waals surface area contributed by atoms with Crippen LogP contribution >= 0.6 is 0 Å². The maximum absolute atomic E-state index is 13.2. The SMILES string of the molecule is CCN(CC)c1ccc(CN(C(=O)NC(C)C)C2CC2)c(OS(=O)(=O)c2cccc(C(F)(F)F)c2)c1. The second-order valence-corrected chi connectivity index (χ2v) is 10.5. The largest absolute Gasteiger partial charge is 0.416 e. The zero-order chi connectivity index (χ0) is 26.7. The van der Waals surface area contributed by atoms with Crippen LogP contribution in [0.3, 0.4) is 0 Å². The van der Waals surface area contributed by atoms with Gasteiger partial charge in [0.05, 0.1) is 12.1 Å². The molecule has 0 aromatic heterocycles. The van der Waals surface area contributed by atoms with Crippen LogP contribution in [0.15, 0.2) is 47.4 Å². The monoisotopic (exact) mass is 527 g/mol. The Balaban J connectivity index is 2.00. The van der Waals surface area contributed by atoms with E-state index in [-0.39, 0.29) is 30.4 Å². The van der Waals surface area contributed by atoms with Crippen molar-refractivity contribution < 1.29 is 30.6 Å². The normalized spacial score (nSPS) is 14.0. The maximum Gasteiger partial charge on any atom is 0.416 e. The molecule has 0 heterocycles. The smallest absolute Gasteiger partial charge is 0.379 e. The number of hydrogen-bond acceptors (Lipinski definition) is 5. The summed E-state index contributed by atoms with van der Waals surface area (Å²) in [6, 6.07) is 8.18. The highest BCUT2D eigenvalue weighted by Crippen LogP contribution is 2.35. The molecule has 7 nitrogen and oxygen atoms in total. The van der Waals surface area contributed by atoms with Crippen molar-refractivity contribution in [2.75, 3.05) is 18.0 Å². The standard InChI is InChI=1S/C25H32F3N3O4S/c1-5-30(6-2)21-11-10-18(16-31(20-12-13-20)24(32)29-17(3)4)23(15-21)35-36(33,34)22-9-7-8-19(14-22)25(26,27)28/h7-11,14-15,17,20H,5-6,12-13,16H2,1-4H3,(H,29,32). The van der Waals surface area contributed by atoms with Crippen LogP contribution in [0.25, 0.3) is 0 Å². The number of nitrogens with zero attached hydrogens (tertiary/aromatic N) is 2. The zero-order valence-corrected chi connectivity index (χ0v) is 21.6. The molecule has 36 heavy (non-hydrogen) atoms. The molecule has 1 aliphatic rings. The highest BCUT2D eigenvalue weighted by molar-refractivity contribution is 7.87. The van der Waals surface area contributed by atoms with Crippen LogP contribution in [0.2, 0.25) is 0 Å². The number of nitrogens with one attached hydrogen (secondary N) is 1. The van der Waals surface area contributed by atoms with Gasteiger partial charge in [0.15, 0.2) is 0 Å². The number of carbonyl (C=O) groups excluding carboxylic acids is 1. The van der Waals surface area contributed by atoms with E-state index in [1.165, 1.54) is 0 Å². The summed E-state index contributed by atoms with van der Waals surface area (Å²) in [6.45, 7) is 8.98. The van der Waals surface area contributed by atoms with Crippen LogP contribution in [0.4, 0.5) is 23.7 Å². The molecule has 0 radical (unpaired) electrons. The third-order valence-corrected chi connectivity index (χ3v) is 7.06. The predicted molar refractivity (Wildman–Crippen MR) is 131 cm³/mol. The summed E-state index contributed by atoms with van der Waals surface area (Å²) in [6.07, 6.45) is -3.03. The van der Waals surface area contributed by atoms with Crippen molar-refractivity contribution in [3.05, 3.63) is 53.6 Å². The first-order chi connectivity index (χ1) is 16.9. The quantitative estimate of drug-likeness (QED) is 0.419. The first-order valence-corrected chi connectivity index (χ1v) is 13.3. The van der Waals surface area contributed by atoms with Gasteiger partial charge in [-0.2, -0.15) is 21.6 Å². The summed E-state index contributed by atoms with van der Waals surface area (Å²) >= 11 is 0. The lowest BCUT2D eigenvalue weighted by molar-refractivity contribution is -0.137. The Hall–Kier alpha value is -2.95. The average molecular weight is 528 g/mol. The molecule has 0 atom stereocenters. The Morgan fingerprint density at radius 1 is 1.11 bits per heavy atom. The third kappa shape index (κ3) is 6.83. The van der Waals surface area contributed by atoms with Gasteiger partial charge in [-0.15, -0.1) is 0 Å². The van der Waals surface area contributed by atoms with Crippen molar-refractivity contribution >= 4 is 21.8 Å². The summed E-state index contributed by atoms with van der Waals surface area (Å²) < 4.78 is 71.1. The highest BCUT2D eigenvalue weighted by atomic mass is 32.2. The molecule has 0 unspecified atom stereocenters. The lowest BCUT2D eigenvalue weighted by atomic mass is 10.1. The minimum atomic E-state index is -4.70. The van der Waals surface area contributed by atoms with Crippen molar-refractivity contribution in [1.82, 2.24) is 10.2 Å². The molecule has 1 saturated carbocycles. The van der Waals surface area contributed by atoms with Gasteiger partial charge < -0.3 is 19.3 Å². The molecule has 1 fully saturated rings. The zero-order valence-electron chi connectivity index (χ0n) is 20.8. The number of halogens is 3. The van der Waals surface area contributed by atoms with Gasteiger partial charge in [0.1, 0.15) is 10.6 Å². The Labute approximate surface area is 210 Å². The molecule has 3 rings (SSSR count). The second-order valence-electron chi connectivity index (χ2n) is 8.99. The van der Waals surface area contributed by atoms with Gasteiger partial charge >= 0.3 is 22.3 Å². The van der Waals surface area contributed by atoms with Crippen LogP contribution in [0.1, 0.15) is 51.7 Å². The summed E-state index contributed by atoms with van der Waals surface area (Å²) in [5.74, 6) is -0.0280. The molecule has 1 aliphatic carbocycles. The van der Waals surface area contributed by atoms with Gasteiger partial charge in [-0.3, -0.25) is 0 Å². The molecule has 198 valence electrons. The summed E-state index contributed by atoms with van der Waals surface area (Å²) in [5, 5.41) is 2.86. The van der Waals surface area contributed by atoms with Crippen molar-refractivity contribution in [3.63, 3.8) is 0 Å². The van der Waals surface area contributed by atoms with Crippen molar-refractivity contribution in [2.24, 2.45) is 0 Å². The molecule has 0 aliphatic heterocycles. The lowest BCUT2D eigenvalue weighted by Crippen LogP contribution is -2.43. The van der Waals surface area contributed by atoms with Crippen molar-refractivity contribution in [1.29, 1.82) is 0 Å². The molecule has 2 aromatic carbocycles. The summed E-state index contributed by atoms with van der Waals surface area (Å²) in [7, 11) is -4.59. The minimum absolute atomic E-state index is 0.0270. The van der Waals surface area contributed by atoms with Crippen molar-refractivity contribution in [2.45, 2.75) is 70.2 Å². The van der Waals surface area contributed by atoms with Gasteiger partial charge in [0, 0.05) is 42.5 Å². The number of anilines is 1. The predicted octanol–water partition coefficient (Wildman–Crippen LogP) is 5.40. The first kappa shape index (κ1) is 27.6. The van der Waals surface area contributed by atoms with E-state index in [9.17, 15) is 26.4 Å². The van der Waals surface area contributed by atoms with E-state index in [0.717, 1.165) is 31.0 Å². The number of rotatable bonds is 10. The van der Waals surface area contributed by atoms with Crippen LogP contribution in [0, 0.1) is 0 Å². The van der Waals surface area contributed by atoms with Crippen LogP contribution < -0.4 is 14.4 Å². The molecule has 1 N–H and O–H groups in total. The molecule has 2 aromatic rings. The van der Waals surface area contributed by atoms with E-state index in [1.807, 2.05) is 38.7 Å². The molecule has 0 saturated heterocycles. The number of hydrogen-bond donors (Lipinski definition) is 1. The van der Waals surface area contributed by atoms with E-state index in [1.54, 1.807) is 17.0 Å². The number of amides is 2. The van der Waals surface area contributed by atoms with Gasteiger partial charge in [-0.1, -0.05) is 12.1 Å². The summed E-state index contributed by atoms with van der Waals surface area (Å²) in [4.78, 5) is 15.8. The molecular formula is C25H32F3N3O4S. The minimum Gasteiger partial charge on any atom is -0.379 e. The fourth-order valence-electron chi connectivity index (χ4n) is 3.80. The van der Waals surface area contributed by atoms with Crippen molar-refractivity contribution in [3.8, 4) is 5.75 Å². The van der Waals surface area contributed by atoms with Gasteiger partial charge in [0.25, 0.3) is 0 Å². The van der Waals surface area contributed by atoms with Gasteiger partial charge in [0.2, 0.25) is 0 Å². The number of benzene rings is 2. The fraction of sp³-hybridized carbons (Fsp3) is 0.480. The Morgan fingerprint density at radius 3 is 2.33 bits per heavy atom. The van der Waals surface area contributed by atoms with Crippen LogP contribution in [-0.4, -0.2) is 44.5 Å². The Kier molecular flexibility index (Phi) is 8.43. The Bertz CT molecular complexity index is 1180. The van der Waals surface area contributed by atoms with E-state index in [4.69, 9.17) is 4.18 Å². The average Bonchev–Trinajstić information content (AvgIpc) is 3.63. The van der Waals surface area contributed by atoms with E-state index >= 15 is 0 Å². The first-order valence-electron chi connectivity index (χ1n) is 11.9. The Morgan fingerprint density at radius 2 is 1.78 bits per heavy atom. The summed E-state index contributed by atoms with van der Waals surface area (Å²) in [5.41, 5.74) is 0.0458. The molecule has 0 spiro atoms. The third-order valence-electron chi connectivity index (χ3n) is 5.83. The number of urea groups is 1.